The predicted molar refractivity (Wildman–Crippen MR) is 275 cm³/mol. The lowest BCUT2D eigenvalue weighted by Crippen LogP contribution is -2.06. The predicted octanol–water partition coefficient (Wildman–Crippen LogP) is 15.8. The monoisotopic (exact) mass is 855 g/mol. The van der Waals surface area contributed by atoms with Crippen molar-refractivity contribution in [2.75, 3.05) is 0 Å². The molecule has 0 spiro atoms. The zero-order chi connectivity index (χ0) is 44.0. The summed E-state index contributed by atoms with van der Waals surface area (Å²) in [6.07, 6.45) is 0. The average molecular weight is 856 g/mol. The first-order valence-electron chi connectivity index (χ1n) is 22.6. The van der Waals surface area contributed by atoms with Gasteiger partial charge in [0.15, 0.2) is 11.6 Å². The molecule has 10 aromatic carbocycles. The Morgan fingerprint density at radius 3 is 1.57 bits per heavy atom. The van der Waals surface area contributed by atoms with Crippen molar-refractivity contribution in [3.63, 3.8) is 0 Å². The van der Waals surface area contributed by atoms with Gasteiger partial charge in [-0.25, -0.2) is 4.98 Å². The summed E-state index contributed by atoms with van der Waals surface area (Å²) in [4.78, 5) is 16.0. The molecule has 0 radical (unpaired) electrons. The molecule has 0 saturated heterocycles. The van der Waals surface area contributed by atoms with E-state index in [9.17, 15) is 0 Å². The van der Waals surface area contributed by atoms with Crippen molar-refractivity contribution < 1.29 is 4.42 Å². The van der Waals surface area contributed by atoms with Gasteiger partial charge in [0, 0.05) is 55.1 Å². The molecule has 0 amide bonds. The first-order valence-corrected chi connectivity index (χ1v) is 22.6. The van der Waals surface area contributed by atoms with Gasteiger partial charge in [-0.15, -0.1) is 0 Å². The van der Waals surface area contributed by atoms with Crippen molar-refractivity contribution >= 4 is 76.3 Å². The van der Waals surface area contributed by atoms with Crippen molar-refractivity contribution in [1.29, 1.82) is 0 Å². The van der Waals surface area contributed by atoms with Crippen molar-refractivity contribution in [1.82, 2.24) is 24.1 Å². The molecule has 0 aliphatic rings. The van der Waals surface area contributed by atoms with E-state index in [0.29, 0.717) is 17.6 Å². The van der Waals surface area contributed by atoms with Crippen LogP contribution in [0.15, 0.2) is 229 Å². The van der Waals surface area contributed by atoms with E-state index in [1.165, 1.54) is 21.5 Å². The third-order valence-electron chi connectivity index (χ3n) is 13.4. The second-order valence-corrected chi connectivity index (χ2v) is 17.2. The standard InChI is InChI=1S/C61H37N5O/c1-3-16-38(17-4-1)39-30-32-41(33-31-39)59-62-60(64-61(63-59)66-52-27-13-9-22-44(52)45-23-10-14-28-53(45)66)47-25-15-29-56-58(47)50-36-48(40-18-5-2-6-19-40)55(37-57(50)67-56)65-51-26-12-11-24-46(51)49-34-42-20-7-8-21-43(42)35-54(49)65/h1-37H. The maximum atomic E-state index is 6.94. The van der Waals surface area contributed by atoms with Crippen LogP contribution in [0.1, 0.15) is 0 Å². The molecule has 67 heavy (non-hydrogen) atoms. The Kier molecular flexibility index (Phi) is 8.18. The number of para-hydroxylation sites is 3. The maximum Gasteiger partial charge on any atom is 0.238 e. The molecule has 4 heterocycles. The Labute approximate surface area is 384 Å². The van der Waals surface area contributed by atoms with E-state index in [2.05, 4.69) is 215 Å². The molecule has 0 N–H and O–H groups in total. The van der Waals surface area contributed by atoms with Crippen LogP contribution in [0, 0.1) is 0 Å². The van der Waals surface area contributed by atoms with Gasteiger partial charge in [-0.1, -0.05) is 176 Å². The van der Waals surface area contributed by atoms with Crippen LogP contribution >= 0.6 is 0 Å². The Bertz CT molecular complexity index is 4210. The summed E-state index contributed by atoms with van der Waals surface area (Å²) in [5, 5.41) is 9.02. The summed E-state index contributed by atoms with van der Waals surface area (Å²) in [7, 11) is 0. The van der Waals surface area contributed by atoms with Crippen LogP contribution in [-0.4, -0.2) is 24.1 Å². The molecule has 0 bridgehead atoms. The molecule has 14 rings (SSSR count). The summed E-state index contributed by atoms with van der Waals surface area (Å²) >= 11 is 0. The zero-order valence-corrected chi connectivity index (χ0v) is 36.0. The molecule has 0 fully saturated rings. The second-order valence-electron chi connectivity index (χ2n) is 17.2. The van der Waals surface area contributed by atoms with Crippen molar-refractivity contribution in [2.45, 2.75) is 0 Å². The second kappa shape index (κ2) is 14.7. The number of hydrogen-bond acceptors (Lipinski definition) is 4. The number of fused-ring (bicyclic) bond motifs is 10. The summed E-state index contributed by atoms with van der Waals surface area (Å²) in [5.41, 5.74) is 13.1. The number of aromatic nitrogens is 5. The van der Waals surface area contributed by atoms with Crippen LogP contribution < -0.4 is 0 Å². The van der Waals surface area contributed by atoms with Gasteiger partial charge in [0.05, 0.1) is 27.8 Å². The molecule has 0 aliphatic carbocycles. The van der Waals surface area contributed by atoms with Gasteiger partial charge in [0.25, 0.3) is 0 Å². The Balaban J connectivity index is 1.03. The summed E-state index contributed by atoms with van der Waals surface area (Å²) in [6, 6.07) is 79.2. The fourth-order valence-corrected chi connectivity index (χ4v) is 10.3. The number of benzene rings is 10. The lowest BCUT2D eigenvalue weighted by atomic mass is 9.98. The lowest BCUT2D eigenvalue weighted by Gasteiger charge is -2.15. The fraction of sp³-hybridized carbons (Fsp3) is 0. The molecule has 14 aromatic rings. The van der Waals surface area contributed by atoms with E-state index in [-0.39, 0.29) is 0 Å². The molecular weight excluding hydrogens is 819 g/mol. The van der Waals surface area contributed by atoms with Crippen LogP contribution in [0.2, 0.25) is 0 Å². The Hall–Kier alpha value is -9.13. The minimum absolute atomic E-state index is 0.542. The highest BCUT2D eigenvalue weighted by Gasteiger charge is 2.23. The van der Waals surface area contributed by atoms with Gasteiger partial charge in [-0.3, -0.25) is 4.57 Å². The molecular formula is C61H37N5O. The van der Waals surface area contributed by atoms with E-state index in [4.69, 9.17) is 19.4 Å². The molecule has 4 aromatic heterocycles. The largest absolute Gasteiger partial charge is 0.456 e. The third-order valence-corrected chi connectivity index (χ3v) is 13.4. The zero-order valence-electron chi connectivity index (χ0n) is 36.0. The molecule has 312 valence electrons. The first kappa shape index (κ1) is 37.3. The number of furan rings is 1. The Morgan fingerprint density at radius 1 is 0.313 bits per heavy atom. The molecule has 0 saturated carbocycles. The van der Waals surface area contributed by atoms with Crippen LogP contribution in [0.4, 0.5) is 0 Å². The third kappa shape index (κ3) is 5.86. The van der Waals surface area contributed by atoms with E-state index in [0.717, 1.165) is 93.8 Å². The fourth-order valence-electron chi connectivity index (χ4n) is 10.3. The van der Waals surface area contributed by atoms with Gasteiger partial charge in [-0.05, 0) is 69.9 Å². The molecule has 0 unspecified atom stereocenters. The van der Waals surface area contributed by atoms with Crippen LogP contribution in [-0.2, 0) is 0 Å². The quantitative estimate of drug-likeness (QED) is 0.167. The number of hydrogen-bond donors (Lipinski definition) is 0. The van der Waals surface area contributed by atoms with E-state index in [1.54, 1.807) is 0 Å². The summed E-state index contributed by atoms with van der Waals surface area (Å²) in [6.45, 7) is 0. The van der Waals surface area contributed by atoms with Crippen molar-refractivity contribution in [3.8, 4) is 56.7 Å². The van der Waals surface area contributed by atoms with Crippen LogP contribution in [0.5, 0.6) is 0 Å². The van der Waals surface area contributed by atoms with Crippen LogP contribution in [0.25, 0.3) is 133 Å². The minimum Gasteiger partial charge on any atom is -0.456 e. The maximum absolute atomic E-state index is 6.94. The van der Waals surface area contributed by atoms with E-state index >= 15 is 0 Å². The van der Waals surface area contributed by atoms with Gasteiger partial charge >= 0.3 is 0 Å². The molecule has 6 heteroatoms. The van der Waals surface area contributed by atoms with Crippen molar-refractivity contribution in [3.05, 3.63) is 224 Å². The van der Waals surface area contributed by atoms with Gasteiger partial charge in [-0.2, -0.15) is 9.97 Å². The first-order chi connectivity index (χ1) is 33.2. The van der Waals surface area contributed by atoms with E-state index in [1.807, 2.05) is 18.2 Å². The van der Waals surface area contributed by atoms with Gasteiger partial charge in [0.2, 0.25) is 5.95 Å². The molecule has 0 aliphatic heterocycles. The topological polar surface area (TPSA) is 61.7 Å². The number of nitrogens with zero attached hydrogens (tertiary/aromatic N) is 5. The normalized spacial score (nSPS) is 11.9. The SMILES string of the molecule is c1ccc(-c2ccc(-c3nc(-c4cccc5oc6cc(-n7c8ccccc8c8cc9ccccc9cc87)c(-c7ccccc7)cc6c45)nc(-n4c5ccccc5c5ccccc54)n3)cc2)cc1. The highest BCUT2D eigenvalue weighted by molar-refractivity contribution is 6.17. The van der Waals surface area contributed by atoms with Gasteiger partial charge < -0.3 is 8.98 Å². The highest BCUT2D eigenvalue weighted by Crippen LogP contribution is 2.44. The minimum atomic E-state index is 0.542. The van der Waals surface area contributed by atoms with Gasteiger partial charge in [0.1, 0.15) is 11.2 Å². The smallest absolute Gasteiger partial charge is 0.238 e. The van der Waals surface area contributed by atoms with Crippen molar-refractivity contribution in [2.24, 2.45) is 0 Å². The lowest BCUT2D eigenvalue weighted by molar-refractivity contribution is 0.668. The average Bonchev–Trinajstić information content (AvgIpc) is 4.05. The summed E-state index contributed by atoms with van der Waals surface area (Å²) < 4.78 is 11.5. The summed E-state index contributed by atoms with van der Waals surface area (Å²) in [5.74, 6) is 1.68. The molecule has 0 atom stereocenters. The van der Waals surface area contributed by atoms with Crippen LogP contribution in [0.3, 0.4) is 0 Å². The molecule has 6 nitrogen and oxygen atoms in total. The Morgan fingerprint density at radius 2 is 0.866 bits per heavy atom. The highest BCUT2D eigenvalue weighted by atomic mass is 16.3. The number of rotatable bonds is 6. The van der Waals surface area contributed by atoms with E-state index < -0.39 is 0 Å².